The number of carbonyl (C=O) groups excluding carboxylic acids is 1. The average molecular weight is 383 g/mol. The van der Waals surface area contributed by atoms with Gasteiger partial charge in [-0.3, -0.25) is 4.79 Å². The topological polar surface area (TPSA) is 42.0 Å². The summed E-state index contributed by atoms with van der Waals surface area (Å²) in [6, 6.07) is 3.99. The molecule has 0 fully saturated rings. The minimum Gasteiger partial charge on any atom is -0.493 e. The van der Waals surface area contributed by atoms with Crippen molar-refractivity contribution in [3.05, 3.63) is 23.3 Å². The molecule has 1 amide bonds. The van der Waals surface area contributed by atoms with Gasteiger partial charge in [0.05, 0.1) is 20.0 Å². The van der Waals surface area contributed by atoms with E-state index in [-0.39, 0.29) is 5.91 Å². The summed E-state index contributed by atoms with van der Waals surface area (Å²) >= 11 is 6.86. The summed E-state index contributed by atoms with van der Waals surface area (Å²) in [5.74, 6) is 1.95. The van der Waals surface area contributed by atoms with Gasteiger partial charge in [-0.2, -0.15) is 0 Å². The van der Waals surface area contributed by atoms with E-state index in [0.717, 1.165) is 41.7 Å². The average Bonchev–Trinajstić information content (AvgIpc) is 2.65. The Kier molecular flexibility index (Phi) is 7.38. The van der Waals surface area contributed by atoms with E-state index in [4.69, 9.17) is 21.7 Å². The molecule has 0 aromatic heterocycles. The maximum absolute atomic E-state index is 12.6. The van der Waals surface area contributed by atoms with Crippen LogP contribution in [0, 0.1) is 0 Å². The molecule has 7 heteroatoms. The van der Waals surface area contributed by atoms with Crippen LogP contribution in [0.15, 0.2) is 12.1 Å². The van der Waals surface area contributed by atoms with E-state index in [1.165, 1.54) is 17.3 Å². The van der Waals surface area contributed by atoms with E-state index in [1.54, 1.807) is 14.2 Å². The minimum atomic E-state index is 0.125. The second kappa shape index (κ2) is 9.29. The van der Waals surface area contributed by atoms with Crippen molar-refractivity contribution in [1.29, 1.82) is 0 Å². The third kappa shape index (κ3) is 4.79. The first kappa shape index (κ1) is 19.8. The van der Waals surface area contributed by atoms with Crippen molar-refractivity contribution in [2.45, 2.75) is 26.8 Å². The van der Waals surface area contributed by atoms with Crippen LogP contribution >= 0.6 is 24.0 Å². The van der Waals surface area contributed by atoms with Crippen LogP contribution in [0.4, 0.5) is 0 Å². The number of rotatable bonds is 6. The van der Waals surface area contributed by atoms with Gasteiger partial charge in [0.1, 0.15) is 4.32 Å². The highest BCUT2D eigenvalue weighted by molar-refractivity contribution is 8.23. The monoisotopic (exact) mass is 382 g/mol. The lowest BCUT2D eigenvalue weighted by Gasteiger charge is -2.30. The normalized spacial score (nSPS) is 13.2. The Hall–Kier alpha value is -1.47. The maximum Gasteiger partial charge on any atom is 0.233 e. The number of thiocarbonyl (C=S) groups is 1. The summed E-state index contributed by atoms with van der Waals surface area (Å²) < 4.78 is 11.5. The van der Waals surface area contributed by atoms with Gasteiger partial charge in [-0.05, 0) is 43.5 Å². The molecule has 1 heterocycles. The van der Waals surface area contributed by atoms with Crippen LogP contribution in [0.25, 0.3) is 0 Å². The predicted molar refractivity (Wildman–Crippen MR) is 107 cm³/mol. The van der Waals surface area contributed by atoms with Crippen molar-refractivity contribution in [3.63, 3.8) is 0 Å². The SMILES string of the molecule is CCN(CC)C(=S)SCC(=O)N1CCc2cc(OC)c(OC)cc2C1. The molecule has 0 spiro atoms. The molecule has 0 bridgehead atoms. The number of carbonyl (C=O) groups is 1. The number of hydrogen-bond donors (Lipinski definition) is 0. The Labute approximate surface area is 159 Å². The molecular weight excluding hydrogens is 356 g/mol. The Bertz CT molecular complexity index is 633. The van der Waals surface area contributed by atoms with Crippen molar-refractivity contribution in [3.8, 4) is 11.5 Å². The number of ether oxygens (including phenoxy) is 2. The van der Waals surface area contributed by atoms with Crippen molar-refractivity contribution in [2.75, 3.05) is 39.6 Å². The number of thioether (sulfide) groups is 1. The summed E-state index contributed by atoms with van der Waals surface area (Å²) in [4.78, 5) is 16.5. The zero-order valence-corrected chi connectivity index (χ0v) is 17.0. The third-order valence-corrected chi connectivity index (χ3v) is 5.92. The fourth-order valence-electron chi connectivity index (χ4n) is 2.88. The molecule has 0 atom stereocenters. The van der Waals surface area contributed by atoms with Crippen molar-refractivity contribution in [2.24, 2.45) is 0 Å². The molecule has 1 aliphatic rings. The minimum absolute atomic E-state index is 0.125. The highest BCUT2D eigenvalue weighted by atomic mass is 32.2. The summed E-state index contributed by atoms with van der Waals surface area (Å²) in [5, 5.41) is 0. The van der Waals surface area contributed by atoms with E-state index in [2.05, 4.69) is 18.7 Å². The van der Waals surface area contributed by atoms with Crippen LogP contribution in [0.1, 0.15) is 25.0 Å². The van der Waals surface area contributed by atoms with E-state index in [9.17, 15) is 4.79 Å². The van der Waals surface area contributed by atoms with Gasteiger partial charge in [-0.1, -0.05) is 24.0 Å². The van der Waals surface area contributed by atoms with Gasteiger partial charge in [-0.25, -0.2) is 0 Å². The lowest BCUT2D eigenvalue weighted by atomic mass is 9.99. The molecule has 1 aromatic rings. The lowest BCUT2D eigenvalue weighted by molar-refractivity contribution is -0.129. The Balaban J connectivity index is 1.99. The molecule has 1 aliphatic heterocycles. The second-order valence-corrected chi connectivity index (χ2v) is 7.38. The lowest BCUT2D eigenvalue weighted by Crippen LogP contribution is -2.38. The molecule has 0 N–H and O–H groups in total. The predicted octanol–water partition coefficient (Wildman–Crippen LogP) is 2.95. The van der Waals surface area contributed by atoms with Crippen LogP contribution in [0.3, 0.4) is 0 Å². The standard InChI is InChI=1S/C18H26N2O3S2/c1-5-19(6-2)18(24)25-12-17(21)20-8-7-13-9-15(22-3)16(23-4)10-14(13)11-20/h9-10H,5-8,11-12H2,1-4H3. The van der Waals surface area contributed by atoms with E-state index < -0.39 is 0 Å². The number of fused-ring (bicyclic) bond motifs is 1. The smallest absolute Gasteiger partial charge is 0.233 e. The van der Waals surface area contributed by atoms with Crippen molar-refractivity contribution < 1.29 is 14.3 Å². The molecule has 0 saturated heterocycles. The fraction of sp³-hybridized carbons (Fsp3) is 0.556. The number of amides is 1. The zero-order valence-electron chi connectivity index (χ0n) is 15.3. The van der Waals surface area contributed by atoms with Gasteiger partial charge in [0, 0.05) is 26.2 Å². The van der Waals surface area contributed by atoms with Crippen LogP contribution in [0.2, 0.25) is 0 Å². The second-order valence-electron chi connectivity index (χ2n) is 5.77. The Morgan fingerprint density at radius 1 is 1.20 bits per heavy atom. The molecule has 2 rings (SSSR count). The van der Waals surface area contributed by atoms with E-state index in [1.807, 2.05) is 17.0 Å². The first-order valence-corrected chi connectivity index (χ1v) is 9.86. The third-order valence-electron chi connectivity index (χ3n) is 4.41. The Morgan fingerprint density at radius 2 is 1.80 bits per heavy atom. The summed E-state index contributed by atoms with van der Waals surface area (Å²) in [6.07, 6.45) is 0.826. The van der Waals surface area contributed by atoms with Gasteiger partial charge >= 0.3 is 0 Å². The zero-order chi connectivity index (χ0) is 18.4. The van der Waals surface area contributed by atoms with Gasteiger partial charge < -0.3 is 19.3 Å². The molecule has 0 aliphatic carbocycles. The van der Waals surface area contributed by atoms with Crippen LogP contribution in [-0.4, -0.2) is 59.6 Å². The van der Waals surface area contributed by atoms with Gasteiger partial charge in [0.25, 0.3) is 0 Å². The summed E-state index contributed by atoms with van der Waals surface area (Å²) in [6.45, 7) is 7.21. The molecule has 1 aromatic carbocycles. The molecule has 138 valence electrons. The highest BCUT2D eigenvalue weighted by Crippen LogP contribution is 2.33. The highest BCUT2D eigenvalue weighted by Gasteiger charge is 2.23. The largest absolute Gasteiger partial charge is 0.493 e. The van der Waals surface area contributed by atoms with Crippen LogP contribution in [0.5, 0.6) is 11.5 Å². The fourth-order valence-corrected chi connectivity index (χ4v) is 4.19. The van der Waals surface area contributed by atoms with Crippen LogP contribution in [-0.2, 0) is 17.8 Å². The van der Waals surface area contributed by atoms with Crippen molar-refractivity contribution >= 4 is 34.2 Å². The first-order valence-electron chi connectivity index (χ1n) is 8.47. The van der Waals surface area contributed by atoms with Crippen LogP contribution < -0.4 is 9.47 Å². The molecule has 0 saturated carbocycles. The molecule has 0 radical (unpaired) electrons. The summed E-state index contributed by atoms with van der Waals surface area (Å²) in [5.41, 5.74) is 2.33. The molecular formula is C18H26N2O3S2. The van der Waals surface area contributed by atoms with Gasteiger partial charge in [0.2, 0.25) is 5.91 Å². The molecule has 25 heavy (non-hydrogen) atoms. The first-order chi connectivity index (χ1) is 12.0. The molecule has 0 unspecified atom stereocenters. The van der Waals surface area contributed by atoms with Gasteiger partial charge in [-0.15, -0.1) is 0 Å². The number of hydrogen-bond acceptors (Lipinski definition) is 5. The van der Waals surface area contributed by atoms with E-state index in [0.29, 0.717) is 18.0 Å². The Morgan fingerprint density at radius 3 is 2.36 bits per heavy atom. The number of benzene rings is 1. The van der Waals surface area contributed by atoms with E-state index >= 15 is 0 Å². The van der Waals surface area contributed by atoms with Gasteiger partial charge in [0.15, 0.2) is 11.5 Å². The van der Waals surface area contributed by atoms with Crippen molar-refractivity contribution in [1.82, 2.24) is 9.80 Å². The number of methoxy groups -OCH3 is 2. The summed E-state index contributed by atoms with van der Waals surface area (Å²) in [7, 11) is 3.26. The maximum atomic E-state index is 12.6. The number of nitrogens with zero attached hydrogens (tertiary/aromatic N) is 2. The quantitative estimate of drug-likeness (QED) is 0.705. The molecule has 5 nitrogen and oxygen atoms in total.